The molecule has 1 saturated carbocycles. The zero-order valence-corrected chi connectivity index (χ0v) is 20.2. The largest absolute Gasteiger partial charge is 0.497 e. The van der Waals surface area contributed by atoms with Crippen molar-refractivity contribution in [1.82, 2.24) is 4.57 Å². The second kappa shape index (κ2) is 10.1. The van der Waals surface area contributed by atoms with Gasteiger partial charge in [0.15, 0.2) is 12.2 Å². The van der Waals surface area contributed by atoms with E-state index in [9.17, 15) is 4.79 Å². The molecule has 0 bridgehead atoms. The van der Waals surface area contributed by atoms with Crippen molar-refractivity contribution >= 4 is 5.97 Å². The average molecular weight is 440 g/mol. The molecule has 1 aromatic carbocycles. The molecular weight excluding hydrogens is 400 g/mol. The molecule has 2 aliphatic rings. The first kappa shape index (κ1) is 22.9. The lowest BCUT2D eigenvalue weighted by Crippen LogP contribution is -2.44. The fourth-order valence-electron chi connectivity index (χ4n) is 5.57. The molecule has 3 atom stereocenters. The van der Waals surface area contributed by atoms with Crippen molar-refractivity contribution in [2.45, 2.75) is 84.9 Å². The lowest BCUT2D eigenvalue weighted by Gasteiger charge is -2.36. The zero-order chi connectivity index (χ0) is 22.7. The van der Waals surface area contributed by atoms with Gasteiger partial charge in [-0.3, -0.25) is 0 Å². The number of nitrogens with zero attached hydrogens (tertiary/aromatic N) is 2. The number of carbonyl (C=O) groups excluding carboxylic acids is 1. The highest BCUT2D eigenvalue weighted by Crippen LogP contribution is 2.35. The number of ether oxygens (including phenoxy) is 2. The first-order valence-corrected chi connectivity index (χ1v) is 12.4. The molecule has 0 N–H and O–H groups in total. The molecule has 1 aliphatic heterocycles. The molecule has 2 heterocycles. The Morgan fingerprint density at radius 2 is 1.94 bits per heavy atom. The Morgan fingerprint density at radius 3 is 2.66 bits per heavy atom. The van der Waals surface area contributed by atoms with E-state index < -0.39 is 0 Å². The molecule has 0 saturated heterocycles. The quantitative estimate of drug-likeness (QED) is 0.460. The molecule has 0 spiro atoms. The molecule has 174 valence electrons. The van der Waals surface area contributed by atoms with Gasteiger partial charge in [0.05, 0.1) is 13.7 Å². The molecular formula is C27H39N2O3+. The summed E-state index contributed by atoms with van der Waals surface area (Å²) in [5, 5.41) is 0. The summed E-state index contributed by atoms with van der Waals surface area (Å²) in [6, 6.07) is 8.21. The van der Waals surface area contributed by atoms with E-state index in [0.29, 0.717) is 24.3 Å². The van der Waals surface area contributed by atoms with Crippen molar-refractivity contribution in [3.8, 4) is 17.0 Å². The van der Waals surface area contributed by atoms with Crippen LogP contribution in [-0.2, 0) is 29.0 Å². The topological polar surface area (TPSA) is 44.3 Å². The summed E-state index contributed by atoms with van der Waals surface area (Å²) in [6.45, 7) is 8.08. The van der Waals surface area contributed by atoms with E-state index in [1.54, 1.807) is 7.11 Å². The van der Waals surface area contributed by atoms with Gasteiger partial charge in [0.1, 0.15) is 18.1 Å². The van der Waals surface area contributed by atoms with E-state index in [1.807, 2.05) is 12.1 Å². The maximum atomic E-state index is 13.1. The maximum absolute atomic E-state index is 13.1. The first-order chi connectivity index (χ1) is 15.5. The Labute approximate surface area is 192 Å². The number of esters is 1. The van der Waals surface area contributed by atoms with Crippen molar-refractivity contribution in [1.29, 1.82) is 0 Å². The van der Waals surface area contributed by atoms with Gasteiger partial charge in [-0.1, -0.05) is 27.2 Å². The number of benzene rings is 1. The number of fused-ring (bicyclic) bond motifs is 1. The second-order valence-electron chi connectivity index (χ2n) is 10.1. The average Bonchev–Trinajstić information content (AvgIpc) is 2.94. The number of methoxy groups -OCH3 is 1. The van der Waals surface area contributed by atoms with E-state index >= 15 is 0 Å². The van der Waals surface area contributed by atoms with E-state index in [0.717, 1.165) is 43.5 Å². The molecule has 0 unspecified atom stereocenters. The van der Waals surface area contributed by atoms with Crippen molar-refractivity contribution in [2.24, 2.45) is 17.8 Å². The maximum Gasteiger partial charge on any atom is 0.348 e. The summed E-state index contributed by atoms with van der Waals surface area (Å²) in [5.74, 6) is 3.64. The van der Waals surface area contributed by atoms with Gasteiger partial charge in [0.2, 0.25) is 0 Å². The van der Waals surface area contributed by atoms with Crippen molar-refractivity contribution < 1.29 is 18.8 Å². The Hall–Kier alpha value is -2.30. The van der Waals surface area contributed by atoms with E-state index in [1.165, 1.54) is 30.8 Å². The van der Waals surface area contributed by atoms with Crippen LogP contribution in [0.5, 0.6) is 5.75 Å². The summed E-state index contributed by atoms with van der Waals surface area (Å²) in [5.41, 5.74) is 2.32. The third-order valence-electron chi connectivity index (χ3n) is 7.42. The number of imidazole rings is 1. The van der Waals surface area contributed by atoms with Crippen LogP contribution in [-0.4, -0.2) is 23.8 Å². The van der Waals surface area contributed by atoms with Crippen LogP contribution in [0.2, 0.25) is 0 Å². The normalized spacial score (nSPS) is 23.5. The van der Waals surface area contributed by atoms with Crippen LogP contribution in [0.15, 0.2) is 30.5 Å². The molecule has 1 aliphatic carbocycles. The lowest BCUT2D eigenvalue weighted by molar-refractivity contribution is -0.692. The monoisotopic (exact) mass is 439 g/mol. The Bertz CT molecular complexity index is 916. The van der Waals surface area contributed by atoms with Gasteiger partial charge in [-0.05, 0) is 74.1 Å². The van der Waals surface area contributed by atoms with E-state index in [4.69, 9.17) is 9.47 Å². The minimum atomic E-state index is -0.0984. The van der Waals surface area contributed by atoms with Gasteiger partial charge in [0.25, 0.3) is 5.82 Å². The fourth-order valence-corrected chi connectivity index (χ4v) is 5.57. The number of rotatable bonds is 6. The van der Waals surface area contributed by atoms with Crippen LogP contribution in [0.3, 0.4) is 0 Å². The summed E-state index contributed by atoms with van der Waals surface area (Å²) in [6.07, 6.45) is 10.1. The summed E-state index contributed by atoms with van der Waals surface area (Å²) in [4.78, 5) is 13.1. The van der Waals surface area contributed by atoms with Gasteiger partial charge in [0, 0.05) is 12.0 Å². The molecule has 1 fully saturated rings. The molecule has 2 aromatic rings. The van der Waals surface area contributed by atoms with Gasteiger partial charge in [-0.2, -0.15) is 0 Å². The SMILES string of the molecule is COc1ccc(-c2c[n+](CC(=O)O[C@@H]3C[C@H](C)CC[C@@H]3C(C)C)c3n2CCCCC3)cc1. The second-order valence-corrected chi connectivity index (χ2v) is 10.1. The van der Waals surface area contributed by atoms with Gasteiger partial charge in [-0.25, -0.2) is 13.9 Å². The lowest BCUT2D eigenvalue weighted by atomic mass is 9.75. The summed E-state index contributed by atoms with van der Waals surface area (Å²) < 4.78 is 16.0. The van der Waals surface area contributed by atoms with Crippen LogP contribution in [0.25, 0.3) is 11.3 Å². The number of carbonyl (C=O) groups is 1. The Balaban J connectivity index is 1.56. The number of hydrogen-bond acceptors (Lipinski definition) is 3. The Morgan fingerprint density at radius 1 is 1.16 bits per heavy atom. The fraction of sp³-hybridized carbons (Fsp3) is 0.630. The molecule has 4 rings (SSSR count). The van der Waals surface area contributed by atoms with Crippen LogP contribution >= 0.6 is 0 Å². The van der Waals surface area contributed by atoms with Crippen molar-refractivity contribution in [3.63, 3.8) is 0 Å². The standard InChI is InChI=1S/C27H39N2O3/c1-19(2)23-14-9-20(3)16-25(23)32-27(30)18-28-17-24(21-10-12-22(31-4)13-11-21)29-15-7-5-6-8-26(28)29/h10-13,17,19-20,23,25H,5-9,14-16,18H2,1-4H3/q+1/t20-,23-,25-/m1/s1. The predicted molar refractivity (Wildman–Crippen MR) is 125 cm³/mol. The first-order valence-electron chi connectivity index (χ1n) is 12.4. The van der Waals surface area contributed by atoms with E-state index in [2.05, 4.69) is 48.2 Å². The number of hydrogen-bond donors (Lipinski definition) is 0. The van der Waals surface area contributed by atoms with Gasteiger partial charge < -0.3 is 9.47 Å². The van der Waals surface area contributed by atoms with Crippen molar-refractivity contribution in [3.05, 3.63) is 36.3 Å². The molecule has 32 heavy (non-hydrogen) atoms. The number of aromatic nitrogens is 2. The van der Waals surface area contributed by atoms with Crippen LogP contribution in [0, 0.1) is 17.8 Å². The molecule has 0 radical (unpaired) electrons. The Kier molecular flexibility index (Phi) is 7.22. The zero-order valence-electron chi connectivity index (χ0n) is 20.2. The van der Waals surface area contributed by atoms with Crippen LogP contribution in [0.1, 0.15) is 65.1 Å². The minimum Gasteiger partial charge on any atom is -0.497 e. The van der Waals surface area contributed by atoms with Crippen LogP contribution < -0.4 is 9.30 Å². The summed E-state index contributed by atoms with van der Waals surface area (Å²) in [7, 11) is 1.69. The minimum absolute atomic E-state index is 0.0501. The predicted octanol–water partition coefficient (Wildman–Crippen LogP) is 5.18. The highest BCUT2D eigenvalue weighted by Gasteiger charge is 2.34. The third-order valence-corrected chi connectivity index (χ3v) is 7.42. The molecule has 0 amide bonds. The molecule has 5 nitrogen and oxygen atoms in total. The van der Waals surface area contributed by atoms with E-state index in [-0.39, 0.29) is 12.1 Å². The van der Waals surface area contributed by atoms with Crippen molar-refractivity contribution in [2.75, 3.05) is 7.11 Å². The summed E-state index contributed by atoms with van der Waals surface area (Å²) >= 11 is 0. The molecule has 1 aromatic heterocycles. The highest BCUT2D eigenvalue weighted by atomic mass is 16.5. The molecule has 5 heteroatoms. The van der Waals surface area contributed by atoms with Crippen LogP contribution in [0.4, 0.5) is 0 Å². The smallest absolute Gasteiger partial charge is 0.348 e. The third kappa shape index (κ3) is 5.02. The highest BCUT2D eigenvalue weighted by molar-refractivity contribution is 5.68. The van der Waals surface area contributed by atoms with Gasteiger partial charge >= 0.3 is 5.97 Å². The van der Waals surface area contributed by atoms with Gasteiger partial charge in [-0.15, -0.1) is 0 Å².